The van der Waals surface area contributed by atoms with Gasteiger partial charge in [-0.25, -0.2) is 18.5 Å². The molecule has 1 fully saturated rings. The number of hydrogen-bond donors (Lipinski definition) is 3. The standard InChI is InChI=1S/C16H21BrN6O2S/c17-14-11-20-16(21-12-3-5-13(6-4-12)26(18,24)25)22-15(14)19-7-10-23-8-1-2-9-23/h3-6,11H,1-2,7-10H2,(H2,18,24,25)(H2,19,20,21,22). The molecule has 0 unspecified atom stereocenters. The molecule has 1 aliphatic heterocycles. The molecule has 0 radical (unpaired) electrons. The third kappa shape index (κ3) is 5.13. The Hall–Kier alpha value is -1.75. The fraction of sp³-hybridized carbons (Fsp3) is 0.375. The van der Waals surface area contributed by atoms with Crippen LogP contribution in [0.15, 0.2) is 39.8 Å². The molecule has 0 spiro atoms. The van der Waals surface area contributed by atoms with Gasteiger partial charge < -0.3 is 15.5 Å². The lowest BCUT2D eigenvalue weighted by atomic mass is 10.3. The number of nitrogens with one attached hydrogen (secondary N) is 2. The van der Waals surface area contributed by atoms with Crippen molar-refractivity contribution in [3.63, 3.8) is 0 Å². The highest BCUT2D eigenvalue weighted by molar-refractivity contribution is 9.10. The molecule has 10 heteroatoms. The predicted octanol–water partition coefficient (Wildman–Crippen LogP) is 2.14. The van der Waals surface area contributed by atoms with Crippen LogP contribution in [0.5, 0.6) is 0 Å². The van der Waals surface area contributed by atoms with Gasteiger partial charge in [-0.15, -0.1) is 0 Å². The Labute approximate surface area is 161 Å². The number of halogens is 1. The summed E-state index contributed by atoms with van der Waals surface area (Å²) in [5.41, 5.74) is 0.669. The van der Waals surface area contributed by atoms with E-state index in [0.717, 1.165) is 30.7 Å². The molecule has 8 nitrogen and oxygen atoms in total. The van der Waals surface area contributed by atoms with Gasteiger partial charge in [0.2, 0.25) is 16.0 Å². The number of anilines is 3. The molecular formula is C16H21BrN6O2S. The van der Waals surface area contributed by atoms with Crippen molar-refractivity contribution in [3.05, 3.63) is 34.9 Å². The Morgan fingerprint density at radius 1 is 1.19 bits per heavy atom. The van der Waals surface area contributed by atoms with E-state index < -0.39 is 10.0 Å². The SMILES string of the molecule is NS(=O)(=O)c1ccc(Nc2ncc(Br)c(NCCN3CCCC3)n2)cc1. The van der Waals surface area contributed by atoms with E-state index >= 15 is 0 Å². The molecule has 2 heterocycles. The van der Waals surface area contributed by atoms with Crippen LogP contribution in [0, 0.1) is 0 Å². The second-order valence-corrected chi connectivity index (χ2v) is 8.48. The molecular weight excluding hydrogens is 420 g/mol. The van der Waals surface area contributed by atoms with Gasteiger partial charge in [-0.1, -0.05) is 0 Å². The maximum Gasteiger partial charge on any atom is 0.238 e. The largest absolute Gasteiger partial charge is 0.368 e. The van der Waals surface area contributed by atoms with E-state index in [-0.39, 0.29) is 4.90 Å². The number of likely N-dealkylation sites (tertiary alicyclic amines) is 1. The highest BCUT2D eigenvalue weighted by Crippen LogP contribution is 2.22. The maximum absolute atomic E-state index is 11.3. The molecule has 3 rings (SSSR count). The smallest absolute Gasteiger partial charge is 0.238 e. The number of benzene rings is 1. The van der Waals surface area contributed by atoms with Gasteiger partial charge in [0.1, 0.15) is 5.82 Å². The van der Waals surface area contributed by atoms with Crippen molar-refractivity contribution in [1.82, 2.24) is 14.9 Å². The summed E-state index contributed by atoms with van der Waals surface area (Å²) in [4.78, 5) is 11.2. The van der Waals surface area contributed by atoms with Crippen LogP contribution in [0.3, 0.4) is 0 Å². The molecule has 0 saturated carbocycles. The summed E-state index contributed by atoms with van der Waals surface area (Å²) in [6.07, 6.45) is 4.22. The summed E-state index contributed by atoms with van der Waals surface area (Å²) < 4.78 is 23.4. The summed E-state index contributed by atoms with van der Waals surface area (Å²) in [5, 5.41) is 11.5. The van der Waals surface area contributed by atoms with Crippen LogP contribution >= 0.6 is 15.9 Å². The van der Waals surface area contributed by atoms with Gasteiger partial charge in [-0.05, 0) is 66.1 Å². The minimum absolute atomic E-state index is 0.0593. The third-order valence-electron chi connectivity index (χ3n) is 4.10. The van der Waals surface area contributed by atoms with E-state index in [9.17, 15) is 8.42 Å². The van der Waals surface area contributed by atoms with Crippen LogP contribution < -0.4 is 15.8 Å². The lowest BCUT2D eigenvalue weighted by Crippen LogP contribution is -2.26. The lowest BCUT2D eigenvalue weighted by Gasteiger charge is -2.16. The third-order valence-corrected chi connectivity index (χ3v) is 5.61. The Balaban J connectivity index is 1.63. The van der Waals surface area contributed by atoms with E-state index in [1.165, 1.54) is 25.0 Å². The van der Waals surface area contributed by atoms with Crippen molar-refractivity contribution in [2.75, 3.05) is 36.8 Å². The average molecular weight is 441 g/mol. The first-order valence-electron chi connectivity index (χ1n) is 8.30. The molecule has 0 bridgehead atoms. The minimum Gasteiger partial charge on any atom is -0.368 e. The Morgan fingerprint density at radius 2 is 1.88 bits per heavy atom. The lowest BCUT2D eigenvalue weighted by molar-refractivity contribution is 0.352. The van der Waals surface area contributed by atoms with Crippen LogP contribution in [-0.2, 0) is 10.0 Å². The highest BCUT2D eigenvalue weighted by atomic mass is 79.9. The summed E-state index contributed by atoms with van der Waals surface area (Å²) in [6.45, 7) is 4.11. The fourth-order valence-electron chi connectivity index (χ4n) is 2.75. The van der Waals surface area contributed by atoms with Gasteiger partial charge in [0.25, 0.3) is 0 Å². The van der Waals surface area contributed by atoms with Crippen molar-refractivity contribution in [1.29, 1.82) is 0 Å². The number of rotatable bonds is 7. The maximum atomic E-state index is 11.3. The molecule has 2 aromatic rings. The first-order valence-corrected chi connectivity index (χ1v) is 10.6. The second kappa shape index (κ2) is 8.30. The molecule has 0 amide bonds. The number of hydrogen-bond acceptors (Lipinski definition) is 7. The van der Waals surface area contributed by atoms with Crippen molar-refractivity contribution in [3.8, 4) is 0 Å². The Kier molecular flexibility index (Phi) is 6.07. The first-order chi connectivity index (χ1) is 12.4. The predicted molar refractivity (Wildman–Crippen MR) is 105 cm³/mol. The van der Waals surface area contributed by atoms with Crippen LogP contribution in [0.4, 0.5) is 17.5 Å². The zero-order chi connectivity index (χ0) is 18.6. The van der Waals surface area contributed by atoms with Gasteiger partial charge in [0.15, 0.2) is 0 Å². The van der Waals surface area contributed by atoms with Gasteiger partial charge >= 0.3 is 0 Å². The zero-order valence-electron chi connectivity index (χ0n) is 14.2. The Bertz CT molecular complexity index is 854. The monoisotopic (exact) mass is 440 g/mol. The summed E-state index contributed by atoms with van der Waals surface area (Å²) in [7, 11) is -3.70. The Morgan fingerprint density at radius 3 is 2.54 bits per heavy atom. The molecule has 140 valence electrons. The summed E-state index contributed by atoms with van der Waals surface area (Å²) in [6, 6.07) is 6.11. The molecule has 1 aromatic carbocycles. The van der Waals surface area contributed by atoms with E-state index in [4.69, 9.17) is 5.14 Å². The van der Waals surface area contributed by atoms with E-state index in [0.29, 0.717) is 17.5 Å². The topological polar surface area (TPSA) is 113 Å². The first kappa shape index (κ1) is 19.0. The zero-order valence-corrected chi connectivity index (χ0v) is 16.6. The summed E-state index contributed by atoms with van der Waals surface area (Å²) >= 11 is 3.45. The molecule has 0 aliphatic carbocycles. The molecule has 26 heavy (non-hydrogen) atoms. The van der Waals surface area contributed by atoms with Gasteiger partial charge in [-0.3, -0.25) is 0 Å². The van der Waals surface area contributed by atoms with Crippen LogP contribution in [0.2, 0.25) is 0 Å². The molecule has 4 N–H and O–H groups in total. The van der Waals surface area contributed by atoms with E-state index in [1.54, 1.807) is 18.3 Å². The number of nitrogens with two attached hydrogens (primary N) is 1. The van der Waals surface area contributed by atoms with Gasteiger partial charge in [-0.2, -0.15) is 4.98 Å². The number of primary sulfonamides is 1. The van der Waals surface area contributed by atoms with Gasteiger partial charge in [0, 0.05) is 25.0 Å². The molecule has 1 aromatic heterocycles. The van der Waals surface area contributed by atoms with Crippen molar-refractivity contribution < 1.29 is 8.42 Å². The molecule has 1 saturated heterocycles. The molecule has 1 aliphatic rings. The average Bonchev–Trinajstić information content (AvgIpc) is 3.11. The number of sulfonamides is 1. The number of nitrogens with zero attached hydrogens (tertiary/aromatic N) is 3. The van der Waals surface area contributed by atoms with Crippen LogP contribution in [0.1, 0.15) is 12.8 Å². The van der Waals surface area contributed by atoms with Crippen molar-refractivity contribution in [2.24, 2.45) is 5.14 Å². The highest BCUT2D eigenvalue weighted by Gasteiger charge is 2.12. The normalized spacial score (nSPS) is 15.2. The summed E-state index contributed by atoms with van der Waals surface area (Å²) in [5.74, 6) is 1.13. The van der Waals surface area contributed by atoms with Crippen LogP contribution in [-0.4, -0.2) is 49.5 Å². The van der Waals surface area contributed by atoms with Crippen LogP contribution in [0.25, 0.3) is 0 Å². The molecule has 0 atom stereocenters. The number of aromatic nitrogens is 2. The minimum atomic E-state index is -3.70. The van der Waals surface area contributed by atoms with E-state index in [2.05, 4.69) is 41.4 Å². The quantitative estimate of drug-likeness (QED) is 0.603. The van der Waals surface area contributed by atoms with Gasteiger partial charge in [0.05, 0.1) is 9.37 Å². The van der Waals surface area contributed by atoms with Crippen molar-refractivity contribution in [2.45, 2.75) is 17.7 Å². The fourth-order valence-corrected chi connectivity index (χ4v) is 3.59. The second-order valence-electron chi connectivity index (χ2n) is 6.06. The van der Waals surface area contributed by atoms with E-state index in [1.807, 2.05) is 0 Å². The van der Waals surface area contributed by atoms with Crippen molar-refractivity contribution >= 4 is 43.4 Å².